The molecule has 0 aliphatic heterocycles. The van der Waals surface area contributed by atoms with Crippen LogP contribution in [0.3, 0.4) is 0 Å². The molecule has 108 valence electrons. The van der Waals surface area contributed by atoms with E-state index in [1.807, 2.05) is 6.07 Å². The summed E-state index contributed by atoms with van der Waals surface area (Å²) in [6.07, 6.45) is 3.30. The maximum atomic E-state index is 12.3. The SMILES string of the molecule is CC(=O)OCc1cncn(C(C=O)c2ccccc2)c1=O. The van der Waals surface area contributed by atoms with E-state index in [0.29, 0.717) is 11.8 Å². The number of carbonyl (C=O) groups is 2. The molecule has 0 saturated carbocycles. The van der Waals surface area contributed by atoms with Crippen LogP contribution in [-0.4, -0.2) is 21.8 Å². The Morgan fingerprint density at radius 2 is 2.10 bits per heavy atom. The molecule has 6 nitrogen and oxygen atoms in total. The Balaban J connectivity index is 2.39. The first-order chi connectivity index (χ1) is 10.1. The molecule has 0 bridgehead atoms. The summed E-state index contributed by atoms with van der Waals surface area (Å²) >= 11 is 0. The van der Waals surface area contributed by atoms with E-state index in [1.54, 1.807) is 24.3 Å². The van der Waals surface area contributed by atoms with E-state index in [1.165, 1.54) is 24.0 Å². The Labute approximate surface area is 121 Å². The number of benzene rings is 1. The Kier molecular flexibility index (Phi) is 4.61. The van der Waals surface area contributed by atoms with Crippen LogP contribution in [0.25, 0.3) is 0 Å². The number of aldehydes is 1. The molecule has 2 aromatic rings. The quantitative estimate of drug-likeness (QED) is 0.607. The summed E-state index contributed by atoms with van der Waals surface area (Å²) in [5.74, 6) is -0.486. The van der Waals surface area contributed by atoms with Gasteiger partial charge in [-0.05, 0) is 5.56 Å². The second-order valence-corrected chi connectivity index (χ2v) is 4.40. The smallest absolute Gasteiger partial charge is 0.302 e. The van der Waals surface area contributed by atoms with Gasteiger partial charge in [0.15, 0.2) is 0 Å². The van der Waals surface area contributed by atoms with Crippen molar-refractivity contribution in [1.82, 2.24) is 9.55 Å². The molecule has 0 aliphatic rings. The molecular weight excluding hydrogens is 272 g/mol. The molecule has 0 spiro atoms. The minimum absolute atomic E-state index is 0.164. The monoisotopic (exact) mass is 286 g/mol. The lowest BCUT2D eigenvalue weighted by Crippen LogP contribution is -2.29. The normalized spacial score (nSPS) is 11.7. The van der Waals surface area contributed by atoms with Gasteiger partial charge in [-0.15, -0.1) is 0 Å². The van der Waals surface area contributed by atoms with Crippen LogP contribution in [-0.2, 0) is 20.9 Å². The highest BCUT2D eigenvalue weighted by atomic mass is 16.5. The van der Waals surface area contributed by atoms with Crippen molar-refractivity contribution in [3.8, 4) is 0 Å². The molecular formula is C15H14N2O4. The molecule has 1 unspecified atom stereocenters. The lowest BCUT2D eigenvalue weighted by Gasteiger charge is -2.14. The summed E-state index contributed by atoms with van der Waals surface area (Å²) in [6.45, 7) is 1.09. The van der Waals surface area contributed by atoms with Gasteiger partial charge < -0.3 is 9.53 Å². The Morgan fingerprint density at radius 1 is 1.38 bits per heavy atom. The van der Waals surface area contributed by atoms with Crippen LogP contribution in [0.1, 0.15) is 24.1 Å². The van der Waals surface area contributed by atoms with Gasteiger partial charge in [0.05, 0.1) is 11.9 Å². The van der Waals surface area contributed by atoms with Crippen LogP contribution >= 0.6 is 0 Å². The fraction of sp³-hybridized carbons (Fsp3) is 0.200. The van der Waals surface area contributed by atoms with Gasteiger partial charge in [0.25, 0.3) is 5.56 Å². The fourth-order valence-corrected chi connectivity index (χ4v) is 1.90. The van der Waals surface area contributed by atoms with E-state index in [-0.39, 0.29) is 12.2 Å². The first-order valence-electron chi connectivity index (χ1n) is 6.32. The summed E-state index contributed by atoms with van der Waals surface area (Å²) in [6, 6.07) is 8.14. The third-order valence-corrected chi connectivity index (χ3v) is 2.93. The lowest BCUT2D eigenvalue weighted by atomic mass is 10.1. The van der Waals surface area contributed by atoms with Crippen molar-refractivity contribution in [3.05, 3.63) is 64.3 Å². The molecule has 0 aliphatic carbocycles. The van der Waals surface area contributed by atoms with Gasteiger partial charge in [0, 0.05) is 13.1 Å². The van der Waals surface area contributed by atoms with Crippen LogP contribution in [0.15, 0.2) is 47.7 Å². The van der Waals surface area contributed by atoms with Crippen molar-refractivity contribution < 1.29 is 14.3 Å². The Hall–Kier alpha value is -2.76. The van der Waals surface area contributed by atoms with Crippen LogP contribution in [0.5, 0.6) is 0 Å². The number of nitrogens with zero attached hydrogens (tertiary/aromatic N) is 2. The zero-order valence-electron chi connectivity index (χ0n) is 11.4. The van der Waals surface area contributed by atoms with Crippen LogP contribution in [0, 0.1) is 0 Å². The number of hydrogen-bond donors (Lipinski definition) is 0. The fourth-order valence-electron chi connectivity index (χ4n) is 1.90. The summed E-state index contributed by atoms with van der Waals surface area (Å²) < 4.78 is 6.03. The Bertz CT molecular complexity index is 694. The van der Waals surface area contributed by atoms with E-state index >= 15 is 0 Å². The number of ether oxygens (including phenoxy) is 1. The van der Waals surface area contributed by atoms with Crippen molar-refractivity contribution in [3.63, 3.8) is 0 Å². The molecule has 1 heterocycles. The van der Waals surface area contributed by atoms with Gasteiger partial charge in [0.1, 0.15) is 18.9 Å². The summed E-state index contributed by atoms with van der Waals surface area (Å²) in [4.78, 5) is 38.4. The standard InChI is InChI=1S/C15H14N2O4/c1-11(19)21-9-13-7-16-10-17(15(13)20)14(8-18)12-5-3-2-4-6-12/h2-8,10,14H,9H2,1H3. The van der Waals surface area contributed by atoms with Crippen molar-refractivity contribution in [2.75, 3.05) is 0 Å². The second kappa shape index (κ2) is 6.60. The first kappa shape index (κ1) is 14.6. The molecule has 21 heavy (non-hydrogen) atoms. The third-order valence-electron chi connectivity index (χ3n) is 2.93. The zero-order valence-corrected chi connectivity index (χ0v) is 11.4. The van der Waals surface area contributed by atoms with E-state index in [0.717, 1.165) is 0 Å². The van der Waals surface area contributed by atoms with Crippen molar-refractivity contribution in [1.29, 1.82) is 0 Å². The molecule has 1 atom stereocenters. The molecule has 0 fully saturated rings. The average molecular weight is 286 g/mol. The van der Waals surface area contributed by atoms with E-state index < -0.39 is 17.6 Å². The molecule has 2 rings (SSSR count). The van der Waals surface area contributed by atoms with Crippen molar-refractivity contribution in [2.24, 2.45) is 0 Å². The van der Waals surface area contributed by atoms with Gasteiger partial charge in [-0.2, -0.15) is 0 Å². The highest BCUT2D eigenvalue weighted by Gasteiger charge is 2.16. The third kappa shape index (κ3) is 3.42. The van der Waals surface area contributed by atoms with Gasteiger partial charge in [0.2, 0.25) is 0 Å². The predicted molar refractivity (Wildman–Crippen MR) is 74.6 cm³/mol. The maximum absolute atomic E-state index is 12.3. The van der Waals surface area contributed by atoms with E-state index in [4.69, 9.17) is 4.74 Å². The molecule has 0 radical (unpaired) electrons. The summed E-state index contributed by atoms with van der Waals surface area (Å²) in [7, 11) is 0. The van der Waals surface area contributed by atoms with E-state index in [9.17, 15) is 14.4 Å². The highest BCUT2D eigenvalue weighted by molar-refractivity contribution is 5.66. The Morgan fingerprint density at radius 3 is 2.71 bits per heavy atom. The molecule has 0 amide bonds. The van der Waals surface area contributed by atoms with Gasteiger partial charge in [-0.3, -0.25) is 14.2 Å². The van der Waals surface area contributed by atoms with Crippen LogP contribution < -0.4 is 5.56 Å². The topological polar surface area (TPSA) is 78.3 Å². The minimum atomic E-state index is -0.761. The first-order valence-corrected chi connectivity index (χ1v) is 6.32. The molecule has 0 N–H and O–H groups in total. The molecule has 6 heteroatoms. The van der Waals surface area contributed by atoms with Crippen molar-refractivity contribution >= 4 is 12.3 Å². The van der Waals surface area contributed by atoms with Crippen LogP contribution in [0.4, 0.5) is 0 Å². The summed E-state index contributed by atoms with van der Waals surface area (Å²) in [5.41, 5.74) is 0.490. The number of esters is 1. The number of hydrogen-bond acceptors (Lipinski definition) is 5. The molecule has 0 saturated heterocycles. The predicted octanol–water partition coefficient (Wildman–Crippen LogP) is 1.09. The minimum Gasteiger partial charge on any atom is -0.461 e. The van der Waals surface area contributed by atoms with E-state index in [2.05, 4.69) is 4.98 Å². The number of rotatable bonds is 5. The number of aromatic nitrogens is 2. The van der Waals surface area contributed by atoms with Crippen molar-refractivity contribution in [2.45, 2.75) is 19.6 Å². The lowest BCUT2D eigenvalue weighted by molar-refractivity contribution is -0.142. The maximum Gasteiger partial charge on any atom is 0.302 e. The molecule has 1 aromatic heterocycles. The summed E-state index contributed by atoms with van der Waals surface area (Å²) in [5, 5.41) is 0. The average Bonchev–Trinajstić information content (AvgIpc) is 2.49. The molecule has 1 aromatic carbocycles. The van der Waals surface area contributed by atoms with Gasteiger partial charge >= 0.3 is 5.97 Å². The van der Waals surface area contributed by atoms with Gasteiger partial charge in [-0.1, -0.05) is 30.3 Å². The van der Waals surface area contributed by atoms with Gasteiger partial charge in [-0.25, -0.2) is 4.98 Å². The largest absolute Gasteiger partial charge is 0.461 e. The number of carbonyl (C=O) groups excluding carboxylic acids is 2. The van der Waals surface area contributed by atoms with Crippen LogP contribution in [0.2, 0.25) is 0 Å². The zero-order chi connectivity index (χ0) is 15.2. The second-order valence-electron chi connectivity index (χ2n) is 4.40. The highest BCUT2D eigenvalue weighted by Crippen LogP contribution is 2.13.